The van der Waals surface area contributed by atoms with Crippen LogP contribution in [-0.4, -0.2) is 21.5 Å². The van der Waals surface area contributed by atoms with E-state index in [1.54, 1.807) is 0 Å². The number of aromatic nitrogens is 2. The molecule has 1 aliphatic heterocycles. The van der Waals surface area contributed by atoms with Gasteiger partial charge < -0.3 is 14.0 Å². The molecule has 4 aromatic carbocycles. The minimum absolute atomic E-state index is 0. The van der Waals surface area contributed by atoms with Crippen molar-refractivity contribution < 1.29 is 30.5 Å². The van der Waals surface area contributed by atoms with Gasteiger partial charge in [0, 0.05) is 23.2 Å². The smallest absolute Gasteiger partial charge is 0.510 e. The number of nitrogens with zero attached hydrogens (tertiary/aromatic N) is 3. The summed E-state index contributed by atoms with van der Waals surface area (Å²) >= 11 is 0. The molecule has 8 rings (SSSR count). The van der Waals surface area contributed by atoms with Gasteiger partial charge >= 0.3 is 21.1 Å². The molecular weight excluding hydrogens is 846 g/mol. The molecule has 0 unspecified atom stereocenters. The minimum Gasteiger partial charge on any atom is -0.510 e. The van der Waals surface area contributed by atoms with Crippen LogP contribution < -0.4 is 4.74 Å². The number of ether oxygens (including phenoxy) is 2. The van der Waals surface area contributed by atoms with Gasteiger partial charge in [-0.1, -0.05) is 134 Å². The summed E-state index contributed by atoms with van der Waals surface area (Å²) in [5.41, 5.74) is 7.69. The van der Waals surface area contributed by atoms with Crippen LogP contribution in [0.2, 0.25) is 0 Å². The number of aliphatic imine (C=N–C) groups is 1. The summed E-state index contributed by atoms with van der Waals surface area (Å²) in [5.74, 6) is 3.56. The summed E-state index contributed by atoms with van der Waals surface area (Å²) in [5, 5.41) is 2.29. The Hall–Kier alpha value is -4.21. The zero-order valence-electron chi connectivity index (χ0n) is 32.8. The third-order valence-electron chi connectivity index (χ3n) is 11.2. The van der Waals surface area contributed by atoms with Crippen LogP contribution in [0, 0.1) is 18.1 Å². The molecule has 0 N–H and O–H groups in total. The maximum atomic E-state index is 6.77. The second-order valence-corrected chi connectivity index (χ2v) is 17.4. The Balaban J connectivity index is 0.00000450. The molecule has 0 saturated heterocycles. The Morgan fingerprint density at radius 3 is 2.20 bits per heavy atom. The molecule has 1 fully saturated rings. The normalized spacial score (nSPS) is 17.9. The Kier molecular flexibility index (Phi) is 10.4. The summed E-state index contributed by atoms with van der Waals surface area (Å²) in [6, 6.07) is 37.5. The van der Waals surface area contributed by atoms with Gasteiger partial charge in [-0.2, -0.15) is 6.07 Å². The van der Waals surface area contributed by atoms with E-state index in [1.807, 2.05) is 12.3 Å². The second-order valence-electron chi connectivity index (χ2n) is 17.4. The third kappa shape index (κ3) is 7.41. The number of fused-ring (bicyclic) bond motifs is 3. The van der Waals surface area contributed by atoms with Crippen molar-refractivity contribution in [3.05, 3.63) is 131 Å². The average molecular weight is 897 g/mol. The van der Waals surface area contributed by atoms with Crippen LogP contribution >= 0.6 is 0 Å². The van der Waals surface area contributed by atoms with E-state index in [9.17, 15) is 0 Å². The summed E-state index contributed by atoms with van der Waals surface area (Å²) in [6.45, 7) is 17.9. The Bertz CT molecular complexity index is 2320. The fourth-order valence-electron chi connectivity index (χ4n) is 8.00. The van der Waals surface area contributed by atoms with Gasteiger partial charge in [0.2, 0.25) is 0 Å². The molecule has 0 spiro atoms. The van der Waals surface area contributed by atoms with Crippen molar-refractivity contribution in [2.75, 3.05) is 0 Å². The van der Waals surface area contributed by atoms with Gasteiger partial charge in [0.25, 0.3) is 0 Å². The van der Waals surface area contributed by atoms with Crippen LogP contribution in [0.4, 0.5) is 0 Å². The maximum Gasteiger partial charge on any atom is 2.00 e. The largest absolute Gasteiger partial charge is 2.00 e. The molecule has 6 aromatic rings. The van der Waals surface area contributed by atoms with Crippen molar-refractivity contribution >= 4 is 27.7 Å². The summed E-state index contributed by atoms with van der Waals surface area (Å²) in [6.07, 6.45) is 6.73. The van der Waals surface area contributed by atoms with Crippen LogP contribution in [0.1, 0.15) is 121 Å². The van der Waals surface area contributed by atoms with Gasteiger partial charge in [0.05, 0.1) is 6.04 Å². The third-order valence-corrected chi connectivity index (χ3v) is 11.2. The molecule has 0 bridgehead atoms. The topological polar surface area (TPSA) is 48.6 Å². The van der Waals surface area contributed by atoms with Gasteiger partial charge in [0.1, 0.15) is 17.8 Å². The zero-order chi connectivity index (χ0) is 37.1. The first-order chi connectivity index (χ1) is 25.3. The molecule has 1 aliphatic carbocycles. The SMILES string of the molecule is CC(C)c1cc(Oc2[c-]c3c(cc2)c2cc(C(C)(C)C)ccc2n3-c2cc(C(C)(C)C)ccn2)[c-]c(C2=N[C@H](C3CCCC3)[C@H](c3ccccc3)O2)c1.[Pt+2]. The fourth-order valence-corrected chi connectivity index (χ4v) is 8.00. The quantitative estimate of drug-likeness (QED) is 0.150. The van der Waals surface area contributed by atoms with Gasteiger partial charge in [-0.15, -0.1) is 29.1 Å². The molecular formula is C48H51N3O2Pt. The van der Waals surface area contributed by atoms with Gasteiger partial charge in [-0.25, -0.2) is 4.98 Å². The van der Waals surface area contributed by atoms with Crippen LogP contribution in [0.15, 0.2) is 96.1 Å². The molecule has 280 valence electrons. The monoisotopic (exact) mass is 896 g/mol. The van der Waals surface area contributed by atoms with Crippen LogP contribution in [0.5, 0.6) is 11.5 Å². The Morgan fingerprint density at radius 1 is 0.778 bits per heavy atom. The summed E-state index contributed by atoms with van der Waals surface area (Å²) in [4.78, 5) is 10.2. The Labute approximate surface area is 335 Å². The van der Waals surface area contributed by atoms with E-state index in [0.717, 1.165) is 33.4 Å². The van der Waals surface area contributed by atoms with E-state index in [2.05, 4.69) is 151 Å². The van der Waals surface area contributed by atoms with E-state index < -0.39 is 0 Å². The minimum atomic E-state index is -0.100. The van der Waals surface area contributed by atoms with E-state index in [0.29, 0.717) is 23.3 Å². The van der Waals surface area contributed by atoms with Crippen LogP contribution in [0.25, 0.3) is 27.6 Å². The maximum absolute atomic E-state index is 6.77. The fraction of sp³-hybridized carbons (Fsp3) is 0.375. The number of pyridine rings is 1. The van der Waals surface area contributed by atoms with E-state index >= 15 is 0 Å². The van der Waals surface area contributed by atoms with E-state index in [1.165, 1.54) is 47.8 Å². The molecule has 0 radical (unpaired) electrons. The molecule has 5 nitrogen and oxygen atoms in total. The van der Waals surface area contributed by atoms with Crippen molar-refractivity contribution in [3.63, 3.8) is 0 Å². The second kappa shape index (κ2) is 14.8. The number of hydrogen-bond acceptors (Lipinski definition) is 4. The predicted octanol–water partition coefficient (Wildman–Crippen LogP) is 12.4. The van der Waals surface area contributed by atoms with Crippen LogP contribution in [0.3, 0.4) is 0 Å². The summed E-state index contributed by atoms with van der Waals surface area (Å²) in [7, 11) is 0. The molecule has 2 aromatic heterocycles. The van der Waals surface area contributed by atoms with Crippen molar-refractivity contribution in [2.45, 2.75) is 110 Å². The first kappa shape index (κ1) is 38.1. The first-order valence-electron chi connectivity index (χ1n) is 19.4. The van der Waals surface area contributed by atoms with Crippen molar-refractivity contribution in [2.24, 2.45) is 10.9 Å². The number of hydrogen-bond donors (Lipinski definition) is 0. The van der Waals surface area contributed by atoms with Crippen molar-refractivity contribution in [3.8, 4) is 17.3 Å². The van der Waals surface area contributed by atoms with Crippen LogP contribution in [-0.2, 0) is 36.6 Å². The first-order valence-corrected chi connectivity index (χ1v) is 19.4. The average Bonchev–Trinajstić information content (AvgIpc) is 3.89. The molecule has 2 aliphatic rings. The number of rotatable bonds is 7. The van der Waals surface area contributed by atoms with Gasteiger partial charge in [0.15, 0.2) is 0 Å². The van der Waals surface area contributed by atoms with E-state index in [4.69, 9.17) is 19.5 Å². The molecule has 54 heavy (non-hydrogen) atoms. The number of benzene rings is 4. The van der Waals surface area contributed by atoms with Crippen molar-refractivity contribution in [1.82, 2.24) is 9.55 Å². The standard InChI is InChI=1S/C48H51N3O2.Pt/c1-30(2)33-24-34(46-50-44(31-14-12-13-15-31)45(53-46)32-16-10-9-11-17-32)26-38(25-33)52-37-19-20-39-40-27-35(47(3,4)5)18-21-41(40)51(42(39)29-37)43-28-36(22-23-49-43)48(6,7)8;/h9-11,16-25,27-28,30-31,44-45H,12-15H2,1-8H3;/q-2;+2/t44-,45+;/m1./s1. The van der Waals surface area contributed by atoms with E-state index in [-0.39, 0.29) is 50.0 Å². The molecule has 2 atom stereocenters. The summed E-state index contributed by atoms with van der Waals surface area (Å²) < 4.78 is 15.7. The van der Waals surface area contributed by atoms with Gasteiger partial charge in [-0.05, 0) is 75.8 Å². The molecule has 3 heterocycles. The zero-order valence-corrected chi connectivity index (χ0v) is 35.0. The molecule has 6 heteroatoms. The predicted molar refractivity (Wildman–Crippen MR) is 217 cm³/mol. The molecule has 0 amide bonds. The van der Waals surface area contributed by atoms with Gasteiger partial charge in [-0.3, -0.25) is 4.99 Å². The molecule has 1 saturated carbocycles. The Morgan fingerprint density at radius 2 is 1.50 bits per heavy atom. The van der Waals surface area contributed by atoms with Crippen molar-refractivity contribution in [1.29, 1.82) is 0 Å².